The number of hydrogen-bond acceptors (Lipinski definition) is 4. The van der Waals surface area contributed by atoms with Gasteiger partial charge in [-0.05, 0) is 13.8 Å². The smallest absolute Gasteiger partial charge is 0.275 e. The van der Waals surface area contributed by atoms with Gasteiger partial charge in [0.15, 0.2) is 0 Å². The molecule has 0 spiro atoms. The van der Waals surface area contributed by atoms with Crippen molar-refractivity contribution in [2.75, 3.05) is 11.9 Å². The van der Waals surface area contributed by atoms with Crippen LogP contribution < -0.4 is 10.1 Å². The third-order valence-electron chi connectivity index (χ3n) is 1.96. The predicted molar refractivity (Wildman–Crippen MR) is 72.3 cm³/mol. The highest BCUT2D eigenvalue weighted by molar-refractivity contribution is 6.29. The number of nitro benzene ring substituents is 1. The molecule has 0 fully saturated rings. The first-order valence-electron chi connectivity index (χ1n) is 5.41. The summed E-state index contributed by atoms with van der Waals surface area (Å²) in [6.07, 6.45) is -0.0529. The zero-order chi connectivity index (χ0) is 13.7. The van der Waals surface area contributed by atoms with Crippen LogP contribution in [-0.2, 0) is 0 Å². The van der Waals surface area contributed by atoms with Crippen molar-refractivity contribution in [3.63, 3.8) is 0 Å². The number of rotatable bonds is 6. The number of nitro groups is 1. The van der Waals surface area contributed by atoms with Crippen LogP contribution in [0.1, 0.15) is 13.8 Å². The molecule has 0 amide bonds. The maximum atomic E-state index is 10.8. The molecule has 98 valence electrons. The van der Waals surface area contributed by atoms with Crippen LogP contribution in [0.5, 0.6) is 5.75 Å². The third-order valence-corrected chi connectivity index (χ3v) is 2.09. The highest BCUT2D eigenvalue weighted by Crippen LogP contribution is 2.26. The fraction of sp³-hybridized carbons (Fsp3) is 0.333. The lowest BCUT2D eigenvalue weighted by molar-refractivity contribution is -0.384. The van der Waals surface area contributed by atoms with Crippen molar-refractivity contribution in [2.24, 2.45) is 0 Å². The van der Waals surface area contributed by atoms with Crippen LogP contribution in [-0.4, -0.2) is 17.6 Å². The maximum absolute atomic E-state index is 10.8. The third kappa shape index (κ3) is 4.63. The SMILES string of the molecule is C=C(Cl)CNc1cc(OC(C)C)cc([N+](=O)[O-])c1. The van der Waals surface area contributed by atoms with Gasteiger partial charge in [0.05, 0.1) is 23.6 Å². The second kappa shape index (κ2) is 6.26. The van der Waals surface area contributed by atoms with E-state index in [4.69, 9.17) is 16.3 Å². The molecular formula is C12H15ClN2O3. The van der Waals surface area contributed by atoms with Crippen LogP contribution in [0.2, 0.25) is 0 Å². The summed E-state index contributed by atoms with van der Waals surface area (Å²) in [7, 11) is 0. The summed E-state index contributed by atoms with van der Waals surface area (Å²) >= 11 is 5.63. The second-order valence-corrected chi connectivity index (χ2v) is 4.54. The normalized spacial score (nSPS) is 10.2. The Hall–Kier alpha value is -1.75. The zero-order valence-electron chi connectivity index (χ0n) is 10.3. The van der Waals surface area contributed by atoms with Crippen LogP contribution >= 0.6 is 11.6 Å². The number of benzene rings is 1. The largest absolute Gasteiger partial charge is 0.491 e. The molecule has 0 bridgehead atoms. The number of hydrogen-bond donors (Lipinski definition) is 1. The van der Waals surface area contributed by atoms with Gasteiger partial charge in [0.2, 0.25) is 0 Å². The number of nitrogens with one attached hydrogen (secondary N) is 1. The molecule has 0 aromatic heterocycles. The van der Waals surface area contributed by atoms with Gasteiger partial charge in [-0.3, -0.25) is 10.1 Å². The minimum absolute atomic E-state index is 0.0316. The lowest BCUT2D eigenvalue weighted by atomic mass is 10.2. The van der Waals surface area contributed by atoms with Gasteiger partial charge in [-0.25, -0.2) is 0 Å². The molecule has 1 aromatic rings. The number of nitrogens with zero attached hydrogens (tertiary/aromatic N) is 1. The molecular weight excluding hydrogens is 256 g/mol. The Kier molecular flexibility index (Phi) is 4.97. The Labute approximate surface area is 111 Å². The van der Waals surface area contributed by atoms with Gasteiger partial charge < -0.3 is 10.1 Å². The van der Waals surface area contributed by atoms with E-state index in [2.05, 4.69) is 11.9 Å². The molecule has 0 aliphatic heterocycles. The van der Waals surface area contributed by atoms with Crippen molar-refractivity contribution < 1.29 is 9.66 Å². The van der Waals surface area contributed by atoms with Crippen molar-refractivity contribution in [1.82, 2.24) is 0 Å². The summed E-state index contributed by atoms with van der Waals surface area (Å²) < 4.78 is 5.45. The van der Waals surface area contributed by atoms with Crippen LogP contribution in [0.4, 0.5) is 11.4 Å². The topological polar surface area (TPSA) is 64.4 Å². The average Bonchev–Trinajstić information content (AvgIpc) is 2.25. The van der Waals surface area contributed by atoms with Crippen molar-refractivity contribution in [3.8, 4) is 5.75 Å². The molecule has 1 rings (SSSR count). The van der Waals surface area contributed by atoms with Gasteiger partial charge in [0.25, 0.3) is 5.69 Å². The van der Waals surface area contributed by atoms with E-state index >= 15 is 0 Å². The van der Waals surface area contributed by atoms with Gasteiger partial charge in [0, 0.05) is 22.9 Å². The minimum Gasteiger partial charge on any atom is -0.491 e. The minimum atomic E-state index is -0.464. The summed E-state index contributed by atoms with van der Waals surface area (Å²) in [6.45, 7) is 7.58. The van der Waals surface area contributed by atoms with E-state index in [0.717, 1.165) is 0 Å². The molecule has 1 aromatic carbocycles. The summed E-state index contributed by atoms with van der Waals surface area (Å²) in [5.74, 6) is 0.446. The van der Waals surface area contributed by atoms with Gasteiger partial charge in [0.1, 0.15) is 5.75 Å². The molecule has 0 saturated carbocycles. The fourth-order valence-corrected chi connectivity index (χ4v) is 1.40. The summed E-state index contributed by atoms with van der Waals surface area (Å²) in [5, 5.41) is 14.2. The van der Waals surface area contributed by atoms with Crippen LogP contribution in [0.3, 0.4) is 0 Å². The lowest BCUT2D eigenvalue weighted by Gasteiger charge is -2.12. The lowest BCUT2D eigenvalue weighted by Crippen LogP contribution is -2.07. The van der Waals surface area contributed by atoms with E-state index in [1.54, 1.807) is 6.07 Å². The molecule has 1 N–H and O–H groups in total. The van der Waals surface area contributed by atoms with Crippen LogP contribution in [0.15, 0.2) is 29.8 Å². The Balaban J connectivity index is 2.97. The molecule has 0 atom stereocenters. The van der Waals surface area contributed by atoms with Crippen LogP contribution in [0, 0.1) is 10.1 Å². The van der Waals surface area contributed by atoms with E-state index in [-0.39, 0.29) is 11.8 Å². The van der Waals surface area contributed by atoms with E-state index in [1.165, 1.54) is 12.1 Å². The quantitative estimate of drug-likeness (QED) is 0.634. The summed E-state index contributed by atoms with van der Waals surface area (Å²) in [6, 6.07) is 4.50. The second-order valence-electron chi connectivity index (χ2n) is 4.01. The Bertz CT molecular complexity index is 461. The molecule has 0 aliphatic carbocycles. The van der Waals surface area contributed by atoms with Crippen molar-refractivity contribution in [1.29, 1.82) is 0 Å². The van der Waals surface area contributed by atoms with Gasteiger partial charge in [-0.15, -0.1) is 0 Å². The van der Waals surface area contributed by atoms with E-state index in [9.17, 15) is 10.1 Å². The van der Waals surface area contributed by atoms with Gasteiger partial charge >= 0.3 is 0 Å². The standard InChI is InChI=1S/C12H15ClN2O3/c1-8(2)18-12-5-10(14-7-9(3)13)4-11(6-12)15(16)17/h4-6,8,14H,3,7H2,1-2H3. The van der Waals surface area contributed by atoms with Crippen molar-refractivity contribution in [3.05, 3.63) is 39.9 Å². The fourth-order valence-electron chi connectivity index (χ4n) is 1.33. The average molecular weight is 271 g/mol. The molecule has 6 heteroatoms. The molecule has 5 nitrogen and oxygen atoms in total. The Morgan fingerprint density at radius 2 is 2.22 bits per heavy atom. The van der Waals surface area contributed by atoms with Crippen molar-refractivity contribution >= 4 is 23.0 Å². The van der Waals surface area contributed by atoms with E-state index in [1.807, 2.05) is 13.8 Å². The molecule has 0 heterocycles. The molecule has 0 aliphatic rings. The van der Waals surface area contributed by atoms with E-state index in [0.29, 0.717) is 23.0 Å². The monoisotopic (exact) mass is 270 g/mol. The van der Waals surface area contributed by atoms with Crippen molar-refractivity contribution in [2.45, 2.75) is 20.0 Å². The van der Waals surface area contributed by atoms with E-state index < -0.39 is 4.92 Å². The number of ether oxygens (including phenoxy) is 1. The maximum Gasteiger partial charge on any atom is 0.275 e. The molecule has 18 heavy (non-hydrogen) atoms. The Morgan fingerprint density at radius 1 is 1.56 bits per heavy atom. The highest BCUT2D eigenvalue weighted by Gasteiger charge is 2.11. The predicted octanol–water partition coefficient (Wildman–Crippen LogP) is 3.55. The van der Waals surface area contributed by atoms with Gasteiger partial charge in [-0.1, -0.05) is 18.2 Å². The Morgan fingerprint density at radius 3 is 2.72 bits per heavy atom. The van der Waals surface area contributed by atoms with Gasteiger partial charge in [-0.2, -0.15) is 0 Å². The first-order chi connectivity index (χ1) is 8.38. The first kappa shape index (κ1) is 14.3. The van der Waals surface area contributed by atoms with Crippen LogP contribution in [0.25, 0.3) is 0 Å². The summed E-state index contributed by atoms with van der Waals surface area (Å²) in [5.41, 5.74) is 0.539. The number of non-ortho nitro benzene ring substituents is 1. The molecule has 0 saturated heterocycles. The highest BCUT2D eigenvalue weighted by atomic mass is 35.5. The first-order valence-corrected chi connectivity index (χ1v) is 5.79. The zero-order valence-corrected chi connectivity index (χ0v) is 11.0. The molecule has 0 unspecified atom stereocenters. The molecule has 0 radical (unpaired) electrons. The number of anilines is 1. The number of halogens is 1. The summed E-state index contributed by atoms with van der Waals surface area (Å²) in [4.78, 5) is 10.3.